The number of benzene rings is 1. The predicted octanol–water partition coefficient (Wildman–Crippen LogP) is 1.14. The molecule has 1 aliphatic heterocycles. The molecule has 0 unspecified atom stereocenters. The quantitative estimate of drug-likeness (QED) is 0.705. The standard InChI is InChI=1S/C19H22N4O4/c1-15(27-17(24)14-26-16-6-3-2-4-7-16)18(25)22-10-12-23(13-11-22)19-20-8-5-9-21-19/h2-9,15H,10-14H2,1H3/t15-/m1/s1. The third-order valence-corrected chi connectivity index (χ3v) is 4.18. The zero-order valence-electron chi connectivity index (χ0n) is 15.2. The third kappa shape index (κ3) is 5.16. The van der Waals surface area contributed by atoms with E-state index in [1.54, 1.807) is 42.4 Å². The first-order valence-electron chi connectivity index (χ1n) is 8.81. The monoisotopic (exact) mass is 370 g/mol. The molecule has 1 aromatic carbocycles. The van der Waals surface area contributed by atoms with E-state index >= 15 is 0 Å². The topological polar surface area (TPSA) is 84.9 Å². The number of rotatable bonds is 6. The average Bonchev–Trinajstić information content (AvgIpc) is 2.73. The van der Waals surface area contributed by atoms with Crippen molar-refractivity contribution in [2.45, 2.75) is 13.0 Å². The molecule has 0 N–H and O–H groups in total. The second-order valence-corrected chi connectivity index (χ2v) is 6.09. The minimum atomic E-state index is -0.851. The van der Waals surface area contributed by atoms with E-state index in [1.807, 2.05) is 23.1 Å². The van der Waals surface area contributed by atoms with Gasteiger partial charge in [0.1, 0.15) is 5.75 Å². The Bertz CT molecular complexity index is 749. The smallest absolute Gasteiger partial charge is 0.344 e. The Hall–Kier alpha value is -3.16. The Morgan fingerprint density at radius 3 is 2.37 bits per heavy atom. The summed E-state index contributed by atoms with van der Waals surface area (Å²) in [5.74, 6) is 0.447. The number of esters is 1. The van der Waals surface area contributed by atoms with Crippen molar-refractivity contribution >= 4 is 17.8 Å². The summed E-state index contributed by atoms with van der Waals surface area (Å²) < 4.78 is 10.5. The molecule has 0 aliphatic carbocycles. The second-order valence-electron chi connectivity index (χ2n) is 6.09. The number of carbonyl (C=O) groups excluding carboxylic acids is 2. The number of hydrogen-bond donors (Lipinski definition) is 0. The van der Waals surface area contributed by atoms with Crippen molar-refractivity contribution < 1.29 is 19.1 Å². The van der Waals surface area contributed by atoms with E-state index in [1.165, 1.54) is 0 Å². The number of piperazine rings is 1. The Labute approximate surface area is 157 Å². The number of carbonyl (C=O) groups is 2. The number of nitrogens with zero attached hydrogens (tertiary/aromatic N) is 4. The first-order chi connectivity index (χ1) is 13.1. The van der Waals surface area contributed by atoms with E-state index in [-0.39, 0.29) is 12.5 Å². The largest absolute Gasteiger partial charge is 0.482 e. The van der Waals surface area contributed by atoms with Crippen LogP contribution in [0.15, 0.2) is 48.8 Å². The SMILES string of the molecule is C[C@@H](OC(=O)COc1ccccc1)C(=O)N1CCN(c2ncccn2)CC1. The molecule has 1 aromatic heterocycles. The van der Waals surface area contributed by atoms with E-state index in [0.717, 1.165) is 0 Å². The van der Waals surface area contributed by atoms with Crippen molar-refractivity contribution in [2.24, 2.45) is 0 Å². The Balaban J connectivity index is 1.43. The molecule has 8 heteroatoms. The Morgan fingerprint density at radius 2 is 1.70 bits per heavy atom. The lowest BCUT2D eigenvalue weighted by Gasteiger charge is -2.35. The van der Waals surface area contributed by atoms with Gasteiger partial charge in [-0.1, -0.05) is 18.2 Å². The lowest BCUT2D eigenvalue weighted by Crippen LogP contribution is -2.52. The molecule has 1 aliphatic rings. The summed E-state index contributed by atoms with van der Waals surface area (Å²) in [7, 11) is 0. The van der Waals surface area contributed by atoms with Gasteiger partial charge >= 0.3 is 5.97 Å². The minimum absolute atomic E-state index is 0.211. The van der Waals surface area contributed by atoms with E-state index in [0.29, 0.717) is 37.9 Å². The van der Waals surface area contributed by atoms with Crippen molar-refractivity contribution in [2.75, 3.05) is 37.7 Å². The van der Waals surface area contributed by atoms with Crippen LogP contribution in [0.25, 0.3) is 0 Å². The molecule has 27 heavy (non-hydrogen) atoms. The lowest BCUT2D eigenvalue weighted by atomic mass is 10.2. The van der Waals surface area contributed by atoms with Crippen molar-refractivity contribution in [3.05, 3.63) is 48.8 Å². The fourth-order valence-corrected chi connectivity index (χ4v) is 2.78. The van der Waals surface area contributed by atoms with Crippen LogP contribution in [-0.2, 0) is 14.3 Å². The summed E-state index contributed by atoms with van der Waals surface area (Å²) in [6.07, 6.45) is 2.54. The highest BCUT2D eigenvalue weighted by Crippen LogP contribution is 2.12. The van der Waals surface area contributed by atoms with Crippen LogP contribution in [0.5, 0.6) is 5.75 Å². The lowest BCUT2D eigenvalue weighted by molar-refractivity contribution is -0.160. The third-order valence-electron chi connectivity index (χ3n) is 4.18. The van der Waals surface area contributed by atoms with Gasteiger partial charge in [-0.15, -0.1) is 0 Å². The molecule has 1 amide bonds. The van der Waals surface area contributed by atoms with Crippen LogP contribution in [0.2, 0.25) is 0 Å². The molecule has 1 saturated heterocycles. The molecule has 1 atom stereocenters. The fraction of sp³-hybridized carbons (Fsp3) is 0.368. The highest BCUT2D eigenvalue weighted by molar-refractivity contribution is 5.84. The minimum Gasteiger partial charge on any atom is -0.482 e. The molecule has 0 saturated carbocycles. The van der Waals surface area contributed by atoms with Crippen LogP contribution in [0, 0.1) is 0 Å². The van der Waals surface area contributed by atoms with Crippen molar-refractivity contribution in [1.82, 2.24) is 14.9 Å². The summed E-state index contributed by atoms with van der Waals surface area (Å²) in [4.78, 5) is 36.6. The molecule has 0 bridgehead atoms. The summed E-state index contributed by atoms with van der Waals surface area (Å²) in [6.45, 7) is 3.66. The van der Waals surface area contributed by atoms with Gasteiger partial charge in [0.25, 0.3) is 5.91 Å². The number of amides is 1. The summed E-state index contributed by atoms with van der Waals surface area (Å²) in [5.41, 5.74) is 0. The number of aromatic nitrogens is 2. The highest BCUT2D eigenvalue weighted by atomic mass is 16.6. The number of para-hydroxylation sites is 1. The highest BCUT2D eigenvalue weighted by Gasteiger charge is 2.27. The van der Waals surface area contributed by atoms with Crippen molar-refractivity contribution in [3.8, 4) is 5.75 Å². The van der Waals surface area contributed by atoms with Gasteiger partial charge in [0.05, 0.1) is 0 Å². The maximum Gasteiger partial charge on any atom is 0.344 e. The maximum atomic E-state index is 12.5. The van der Waals surface area contributed by atoms with Crippen molar-refractivity contribution in [3.63, 3.8) is 0 Å². The molecule has 3 rings (SSSR count). The van der Waals surface area contributed by atoms with Crippen LogP contribution in [-0.4, -0.2) is 65.6 Å². The molecule has 2 heterocycles. The normalized spacial score (nSPS) is 15.1. The fourth-order valence-electron chi connectivity index (χ4n) is 2.78. The first kappa shape index (κ1) is 18.6. The van der Waals surface area contributed by atoms with Gasteiger partial charge in [-0.2, -0.15) is 0 Å². The summed E-state index contributed by atoms with van der Waals surface area (Å²) in [6, 6.07) is 10.7. The van der Waals surface area contributed by atoms with Gasteiger partial charge in [-0.3, -0.25) is 4.79 Å². The van der Waals surface area contributed by atoms with Crippen LogP contribution >= 0.6 is 0 Å². The van der Waals surface area contributed by atoms with E-state index < -0.39 is 12.1 Å². The second kappa shape index (κ2) is 8.98. The Kier molecular flexibility index (Phi) is 6.19. The number of hydrogen-bond acceptors (Lipinski definition) is 7. The van der Waals surface area contributed by atoms with Crippen LogP contribution in [0.4, 0.5) is 5.95 Å². The summed E-state index contributed by atoms with van der Waals surface area (Å²) >= 11 is 0. The van der Waals surface area contributed by atoms with Gasteiger partial charge in [0.15, 0.2) is 12.7 Å². The van der Waals surface area contributed by atoms with Crippen LogP contribution < -0.4 is 9.64 Å². The van der Waals surface area contributed by atoms with Gasteiger partial charge in [-0.05, 0) is 25.1 Å². The maximum absolute atomic E-state index is 12.5. The molecular weight excluding hydrogens is 348 g/mol. The number of anilines is 1. The van der Waals surface area contributed by atoms with Gasteiger partial charge < -0.3 is 19.3 Å². The molecule has 142 valence electrons. The molecular formula is C19H22N4O4. The number of ether oxygens (including phenoxy) is 2. The average molecular weight is 370 g/mol. The molecule has 1 fully saturated rings. The molecule has 0 radical (unpaired) electrons. The van der Waals surface area contributed by atoms with E-state index in [2.05, 4.69) is 9.97 Å². The van der Waals surface area contributed by atoms with Crippen LogP contribution in [0.3, 0.4) is 0 Å². The molecule has 2 aromatic rings. The zero-order chi connectivity index (χ0) is 19.1. The first-order valence-corrected chi connectivity index (χ1v) is 8.81. The van der Waals surface area contributed by atoms with E-state index in [4.69, 9.17) is 9.47 Å². The van der Waals surface area contributed by atoms with Gasteiger partial charge in [-0.25, -0.2) is 14.8 Å². The van der Waals surface area contributed by atoms with E-state index in [9.17, 15) is 9.59 Å². The zero-order valence-corrected chi connectivity index (χ0v) is 15.2. The molecule has 8 nitrogen and oxygen atoms in total. The Morgan fingerprint density at radius 1 is 1.04 bits per heavy atom. The predicted molar refractivity (Wildman–Crippen MR) is 98.3 cm³/mol. The molecule has 0 spiro atoms. The van der Waals surface area contributed by atoms with Gasteiger partial charge in [0, 0.05) is 38.6 Å². The van der Waals surface area contributed by atoms with Crippen LogP contribution in [0.1, 0.15) is 6.92 Å². The summed E-state index contributed by atoms with van der Waals surface area (Å²) in [5, 5.41) is 0. The van der Waals surface area contributed by atoms with Gasteiger partial charge in [0.2, 0.25) is 5.95 Å². The van der Waals surface area contributed by atoms with Crippen molar-refractivity contribution in [1.29, 1.82) is 0 Å².